The largest absolute Gasteiger partial charge is 0.507 e. The number of carbonyl (C=O) groups is 1. The van der Waals surface area contributed by atoms with Crippen LogP contribution in [0.2, 0.25) is 0 Å². The summed E-state index contributed by atoms with van der Waals surface area (Å²) in [4.78, 5) is 13.2. The number of hydrogen-bond acceptors (Lipinski definition) is 4. The Hall–Kier alpha value is -1.55. The van der Waals surface area contributed by atoms with Gasteiger partial charge in [-0.1, -0.05) is 6.07 Å². The molecule has 1 aromatic rings. The first-order valence-corrected chi connectivity index (χ1v) is 4.21. The van der Waals surface area contributed by atoms with E-state index in [4.69, 9.17) is 0 Å². The normalized spacial score (nSPS) is 10.5. The van der Waals surface area contributed by atoms with E-state index in [-0.39, 0.29) is 29.4 Å². The van der Waals surface area contributed by atoms with Crippen molar-refractivity contribution in [3.8, 4) is 11.5 Å². The van der Waals surface area contributed by atoms with Crippen molar-refractivity contribution in [2.45, 2.75) is 0 Å². The molecule has 0 amide bonds. The second-order valence-corrected chi connectivity index (χ2v) is 3.33. The fourth-order valence-electron chi connectivity index (χ4n) is 1.18. The SMILES string of the molecule is CN(C)CC(=O)c1c(O)cccc1O. The number of phenolic OH excluding ortho intramolecular Hbond substituents is 2. The first-order valence-electron chi connectivity index (χ1n) is 4.21. The zero-order valence-electron chi connectivity index (χ0n) is 8.19. The summed E-state index contributed by atoms with van der Waals surface area (Å²) in [5.74, 6) is -0.667. The standard InChI is InChI=1S/C10H13NO3/c1-11(2)6-9(14)10-7(12)4-3-5-8(10)13/h3-5,12-13H,6H2,1-2H3. The molecule has 0 radical (unpaired) electrons. The number of ketones is 1. The Morgan fingerprint density at radius 3 is 2.21 bits per heavy atom. The van der Waals surface area contributed by atoms with E-state index in [1.54, 1.807) is 19.0 Å². The average Bonchev–Trinajstić information content (AvgIpc) is 2.01. The van der Waals surface area contributed by atoms with Gasteiger partial charge in [0, 0.05) is 0 Å². The third kappa shape index (κ3) is 2.23. The number of rotatable bonds is 3. The first kappa shape index (κ1) is 10.5. The van der Waals surface area contributed by atoms with Gasteiger partial charge in [0.1, 0.15) is 17.1 Å². The molecule has 0 atom stereocenters. The molecule has 0 fully saturated rings. The molecular weight excluding hydrogens is 182 g/mol. The molecule has 0 aliphatic carbocycles. The molecule has 4 nitrogen and oxygen atoms in total. The van der Waals surface area contributed by atoms with Crippen LogP contribution in [0.3, 0.4) is 0 Å². The lowest BCUT2D eigenvalue weighted by Gasteiger charge is -2.10. The topological polar surface area (TPSA) is 60.8 Å². The smallest absolute Gasteiger partial charge is 0.184 e. The minimum atomic E-state index is -0.300. The van der Waals surface area contributed by atoms with Crippen LogP contribution in [-0.4, -0.2) is 41.5 Å². The van der Waals surface area contributed by atoms with Gasteiger partial charge >= 0.3 is 0 Å². The van der Waals surface area contributed by atoms with Crippen molar-refractivity contribution in [2.75, 3.05) is 20.6 Å². The molecule has 14 heavy (non-hydrogen) atoms. The van der Waals surface area contributed by atoms with Crippen LogP contribution in [0, 0.1) is 0 Å². The molecular formula is C10H13NO3. The van der Waals surface area contributed by atoms with Gasteiger partial charge in [-0.2, -0.15) is 0 Å². The molecule has 1 aromatic carbocycles. The van der Waals surface area contributed by atoms with Crippen LogP contribution in [-0.2, 0) is 0 Å². The maximum atomic E-state index is 11.5. The number of carbonyl (C=O) groups excluding carboxylic acids is 1. The van der Waals surface area contributed by atoms with Crippen molar-refractivity contribution in [3.63, 3.8) is 0 Å². The maximum Gasteiger partial charge on any atom is 0.184 e. The molecule has 0 aliphatic rings. The van der Waals surface area contributed by atoms with Crippen LogP contribution >= 0.6 is 0 Å². The summed E-state index contributed by atoms with van der Waals surface area (Å²) in [6.07, 6.45) is 0. The fourth-order valence-corrected chi connectivity index (χ4v) is 1.18. The maximum absolute atomic E-state index is 11.5. The summed E-state index contributed by atoms with van der Waals surface area (Å²) in [6.45, 7) is 0.158. The lowest BCUT2D eigenvalue weighted by atomic mass is 10.1. The molecule has 76 valence electrons. The minimum absolute atomic E-state index is 0.0128. The number of benzene rings is 1. The zero-order chi connectivity index (χ0) is 10.7. The van der Waals surface area contributed by atoms with Gasteiger partial charge in [-0.25, -0.2) is 0 Å². The van der Waals surface area contributed by atoms with E-state index in [0.29, 0.717) is 0 Å². The Morgan fingerprint density at radius 1 is 1.29 bits per heavy atom. The summed E-state index contributed by atoms with van der Waals surface area (Å²) in [5.41, 5.74) is -0.0128. The van der Waals surface area contributed by atoms with Crippen molar-refractivity contribution in [1.29, 1.82) is 0 Å². The predicted molar refractivity (Wildman–Crippen MR) is 52.7 cm³/mol. The van der Waals surface area contributed by atoms with Crippen LogP contribution < -0.4 is 0 Å². The van der Waals surface area contributed by atoms with Gasteiger partial charge in [0.2, 0.25) is 0 Å². The highest BCUT2D eigenvalue weighted by Gasteiger charge is 2.15. The molecule has 0 spiro atoms. The third-order valence-electron chi connectivity index (χ3n) is 1.76. The average molecular weight is 195 g/mol. The van der Waals surface area contributed by atoms with Gasteiger partial charge in [0.25, 0.3) is 0 Å². The van der Waals surface area contributed by atoms with E-state index < -0.39 is 0 Å². The van der Waals surface area contributed by atoms with Crippen molar-refractivity contribution >= 4 is 5.78 Å². The highest BCUT2D eigenvalue weighted by Crippen LogP contribution is 2.26. The van der Waals surface area contributed by atoms with Crippen LogP contribution in [0.25, 0.3) is 0 Å². The molecule has 0 bridgehead atoms. The van der Waals surface area contributed by atoms with Gasteiger partial charge < -0.3 is 15.1 Å². The number of nitrogens with zero attached hydrogens (tertiary/aromatic N) is 1. The molecule has 1 rings (SSSR count). The summed E-state index contributed by atoms with van der Waals surface area (Å²) >= 11 is 0. The van der Waals surface area contributed by atoms with Gasteiger partial charge in [-0.15, -0.1) is 0 Å². The van der Waals surface area contributed by atoms with Crippen molar-refractivity contribution in [2.24, 2.45) is 0 Å². The second kappa shape index (κ2) is 4.11. The minimum Gasteiger partial charge on any atom is -0.507 e. The number of phenols is 2. The Morgan fingerprint density at radius 2 is 1.79 bits per heavy atom. The quantitative estimate of drug-likeness (QED) is 0.702. The molecule has 0 aliphatic heterocycles. The van der Waals surface area contributed by atoms with Crippen LogP contribution in [0.4, 0.5) is 0 Å². The van der Waals surface area contributed by atoms with E-state index >= 15 is 0 Å². The molecule has 0 saturated carbocycles. The lowest BCUT2D eigenvalue weighted by Crippen LogP contribution is -2.21. The Bertz CT molecular complexity index is 327. The molecule has 4 heteroatoms. The summed E-state index contributed by atoms with van der Waals surface area (Å²) in [5, 5.41) is 18.8. The van der Waals surface area contributed by atoms with E-state index in [0.717, 1.165) is 0 Å². The predicted octanol–water partition coefficient (Wildman–Crippen LogP) is 0.842. The van der Waals surface area contributed by atoms with Gasteiger partial charge in [-0.05, 0) is 26.2 Å². The lowest BCUT2D eigenvalue weighted by molar-refractivity contribution is 0.0952. The molecule has 0 saturated heterocycles. The van der Waals surface area contributed by atoms with Gasteiger partial charge in [0.05, 0.1) is 6.54 Å². The van der Waals surface area contributed by atoms with E-state index in [1.165, 1.54) is 18.2 Å². The van der Waals surface area contributed by atoms with Crippen LogP contribution in [0.5, 0.6) is 11.5 Å². The van der Waals surface area contributed by atoms with Gasteiger partial charge in [0.15, 0.2) is 5.78 Å². The summed E-state index contributed by atoms with van der Waals surface area (Å²) < 4.78 is 0. The Balaban J connectivity index is 3.00. The van der Waals surface area contributed by atoms with Crippen LogP contribution in [0.15, 0.2) is 18.2 Å². The number of aromatic hydroxyl groups is 2. The highest BCUT2D eigenvalue weighted by molar-refractivity contribution is 6.02. The highest BCUT2D eigenvalue weighted by atomic mass is 16.3. The van der Waals surface area contributed by atoms with Crippen molar-refractivity contribution < 1.29 is 15.0 Å². The summed E-state index contributed by atoms with van der Waals surface area (Å²) in [6, 6.07) is 4.24. The first-order chi connectivity index (χ1) is 6.52. The third-order valence-corrected chi connectivity index (χ3v) is 1.76. The molecule has 0 heterocycles. The van der Waals surface area contributed by atoms with Crippen LogP contribution in [0.1, 0.15) is 10.4 Å². The van der Waals surface area contributed by atoms with E-state index in [9.17, 15) is 15.0 Å². The molecule has 0 unspecified atom stereocenters. The van der Waals surface area contributed by atoms with Crippen molar-refractivity contribution in [1.82, 2.24) is 4.90 Å². The number of Topliss-reactive ketones (excluding diaryl/α,β-unsaturated/α-hetero) is 1. The van der Waals surface area contributed by atoms with E-state index in [2.05, 4.69) is 0 Å². The fraction of sp³-hybridized carbons (Fsp3) is 0.300. The summed E-state index contributed by atoms with van der Waals surface area (Å²) in [7, 11) is 3.49. The zero-order valence-corrected chi connectivity index (χ0v) is 8.19. The Labute approximate surface area is 82.4 Å². The number of hydrogen-bond donors (Lipinski definition) is 2. The van der Waals surface area contributed by atoms with Crippen molar-refractivity contribution in [3.05, 3.63) is 23.8 Å². The molecule has 2 N–H and O–H groups in total. The molecule has 0 aromatic heterocycles. The van der Waals surface area contributed by atoms with Gasteiger partial charge in [-0.3, -0.25) is 4.79 Å². The van der Waals surface area contributed by atoms with E-state index in [1.807, 2.05) is 0 Å². The number of likely N-dealkylation sites (N-methyl/N-ethyl adjacent to an activating group) is 1. The second-order valence-electron chi connectivity index (χ2n) is 3.33. The Kier molecular flexibility index (Phi) is 3.09. The monoisotopic (exact) mass is 195 g/mol.